The normalized spacial score (nSPS) is 23.2. The Kier molecular flexibility index (Phi) is 3.55. The lowest BCUT2D eigenvalue weighted by molar-refractivity contribution is 0.0793. The fourth-order valence-corrected chi connectivity index (χ4v) is 2.92. The van der Waals surface area contributed by atoms with E-state index in [-0.39, 0.29) is 22.5 Å². The van der Waals surface area contributed by atoms with Gasteiger partial charge in [-0.1, -0.05) is 41.5 Å². The molecule has 0 aliphatic carbocycles. The minimum atomic E-state index is 0.0626. The van der Waals surface area contributed by atoms with Crippen LogP contribution in [0, 0.1) is 10.8 Å². The number of fused-ring (bicyclic) bond motifs is 1. The summed E-state index contributed by atoms with van der Waals surface area (Å²) >= 11 is 0. The fourth-order valence-electron chi connectivity index (χ4n) is 2.92. The monoisotopic (exact) mass is 289 g/mol. The van der Waals surface area contributed by atoms with Crippen LogP contribution in [-0.4, -0.2) is 27.8 Å². The first-order valence-corrected chi connectivity index (χ1v) is 7.88. The first kappa shape index (κ1) is 16.1. The second-order valence-electron chi connectivity index (χ2n) is 9.20. The number of hydrogen-bond acceptors (Lipinski definition) is 3. The van der Waals surface area contributed by atoms with E-state index >= 15 is 0 Å². The number of allylic oxidation sites excluding steroid dienone is 2. The lowest BCUT2D eigenvalue weighted by Crippen LogP contribution is -2.51. The van der Waals surface area contributed by atoms with E-state index in [0.29, 0.717) is 0 Å². The fraction of sp³-hybridized carbons (Fsp3) is 0.722. The highest BCUT2D eigenvalue weighted by atomic mass is 15.6. The maximum Gasteiger partial charge on any atom is 0.146 e. The highest BCUT2D eigenvalue weighted by molar-refractivity contribution is 5.74. The van der Waals surface area contributed by atoms with Gasteiger partial charge in [-0.05, 0) is 37.8 Å². The molecule has 2 aliphatic heterocycles. The Morgan fingerprint density at radius 1 is 0.905 bits per heavy atom. The zero-order chi connectivity index (χ0) is 16.2. The molecule has 0 radical (unpaired) electrons. The average Bonchev–Trinajstić information content (AvgIpc) is 2.65. The van der Waals surface area contributed by atoms with Gasteiger partial charge >= 0.3 is 0 Å². The van der Waals surface area contributed by atoms with Crippen molar-refractivity contribution in [1.29, 1.82) is 0 Å². The Morgan fingerprint density at radius 3 is 1.90 bits per heavy atom. The van der Waals surface area contributed by atoms with E-state index in [1.54, 1.807) is 0 Å². The molecule has 0 fully saturated rings. The van der Waals surface area contributed by atoms with Gasteiger partial charge in [-0.25, -0.2) is 5.01 Å². The summed E-state index contributed by atoms with van der Waals surface area (Å²) in [6, 6.07) is 0. The van der Waals surface area contributed by atoms with Crippen LogP contribution in [-0.2, 0) is 0 Å². The molecule has 118 valence electrons. The van der Waals surface area contributed by atoms with Gasteiger partial charge in [0.05, 0.1) is 5.70 Å². The van der Waals surface area contributed by atoms with E-state index in [0.717, 1.165) is 0 Å². The number of nitrogens with zero attached hydrogens (tertiary/aromatic N) is 3. The summed E-state index contributed by atoms with van der Waals surface area (Å²) in [5, 5.41) is 6.90. The molecule has 2 heterocycles. The van der Waals surface area contributed by atoms with Crippen LogP contribution in [0.3, 0.4) is 0 Å². The first-order valence-electron chi connectivity index (χ1n) is 7.88. The molecule has 0 spiro atoms. The van der Waals surface area contributed by atoms with Crippen LogP contribution in [0.4, 0.5) is 0 Å². The lowest BCUT2D eigenvalue weighted by atomic mass is 9.82. The van der Waals surface area contributed by atoms with Crippen molar-refractivity contribution in [2.75, 3.05) is 0 Å². The van der Waals surface area contributed by atoms with Crippen LogP contribution < -0.4 is 0 Å². The largest absolute Gasteiger partial charge is 0.346 e. The van der Waals surface area contributed by atoms with Crippen molar-refractivity contribution in [3.05, 3.63) is 23.5 Å². The molecule has 0 saturated heterocycles. The van der Waals surface area contributed by atoms with E-state index < -0.39 is 0 Å². The Labute approximate surface area is 130 Å². The molecule has 0 amide bonds. The summed E-state index contributed by atoms with van der Waals surface area (Å²) in [5.74, 6) is 0. The third kappa shape index (κ3) is 2.88. The predicted octanol–water partition coefficient (Wildman–Crippen LogP) is 4.59. The van der Waals surface area contributed by atoms with Crippen LogP contribution in [0.15, 0.2) is 28.6 Å². The van der Waals surface area contributed by atoms with Crippen molar-refractivity contribution in [1.82, 2.24) is 9.91 Å². The predicted molar refractivity (Wildman–Crippen MR) is 90.8 cm³/mol. The smallest absolute Gasteiger partial charge is 0.146 e. The standard InChI is InChI=1S/C18H31N3/c1-16(2,3)13-10-11-19-21-14(17(4,5)6)12-20(15(13)21)18(7,8)9/h10-12,15H,1-9H3. The van der Waals surface area contributed by atoms with Crippen molar-refractivity contribution < 1.29 is 0 Å². The SMILES string of the molecule is CC(C)(C)C1=CC=NN2C(C(C)(C)C)=CN(C(C)(C)C)C12. The Morgan fingerprint density at radius 2 is 1.48 bits per heavy atom. The first-order chi connectivity index (χ1) is 9.33. The third-order valence-corrected chi connectivity index (χ3v) is 4.14. The van der Waals surface area contributed by atoms with E-state index in [4.69, 9.17) is 0 Å². The molecule has 21 heavy (non-hydrogen) atoms. The zero-order valence-electron chi connectivity index (χ0n) is 15.2. The molecule has 0 aromatic carbocycles. The van der Waals surface area contributed by atoms with Crippen LogP contribution in [0.5, 0.6) is 0 Å². The van der Waals surface area contributed by atoms with Gasteiger partial charge in [-0.3, -0.25) is 0 Å². The lowest BCUT2D eigenvalue weighted by Gasteiger charge is -2.45. The molecule has 0 saturated carbocycles. The van der Waals surface area contributed by atoms with Crippen LogP contribution in [0.2, 0.25) is 0 Å². The van der Waals surface area contributed by atoms with Gasteiger partial charge in [0.25, 0.3) is 0 Å². The number of hydrogen-bond donors (Lipinski definition) is 0. The highest BCUT2D eigenvalue weighted by Crippen LogP contribution is 2.45. The summed E-state index contributed by atoms with van der Waals surface area (Å²) in [6.45, 7) is 20.4. The second kappa shape index (κ2) is 4.62. The molecular weight excluding hydrogens is 258 g/mol. The maximum absolute atomic E-state index is 4.69. The van der Waals surface area contributed by atoms with Crippen molar-refractivity contribution in [2.24, 2.45) is 15.9 Å². The van der Waals surface area contributed by atoms with Gasteiger partial charge in [-0.2, -0.15) is 5.10 Å². The van der Waals surface area contributed by atoms with E-state index in [1.165, 1.54) is 11.3 Å². The number of hydrazone groups is 1. The Hall–Kier alpha value is -1.25. The van der Waals surface area contributed by atoms with Gasteiger partial charge in [0.2, 0.25) is 0 Å². The molecule has 3 heteroatoms. The minimum Gasteiger partial charge on any atom is -0.346 e. The molecule has 1 atom stereocenters. The molecule has 0 aromatic rings. The summed E-state index contributed by atoms with van der Waals surface area (Å²) in [7, 11) is 0. The molecule has 0 aromatic heterocycles. The number of rotatable bonds is 0. The summed E-state index contributed by atoms with van der Waals surface area (Å²) < 4.78 is 0. The molecule has 1 unspecified atom stereocenters. The molecule has 3 nitrogen and oxygen atoms in total. The van der Waals surface area contributed by atoms with Crippen molar-refractivity contribution in [2.45, 2.75) is 74.0 Å². The van der Waals surface area contributed by atoms with Gasteiger partial charge in [0.1, 0.15) is 6.17 Å². The van der Waals surface area contributed by atoms with Crippen molar-refractivity contribution in [3.8, 4) is 0 Å². The molecule has 2 aliphatic rings. The van der Waals surface area contributed by atoms with E-state index in [2.05, 4.69) is 89.6 Å². The summed E-state index contributed by atoms with van der Waals surface area (Å²) in [4.78, 5) is 2.46. The summed E-state index contributed by atoms with van der Waals surface area (Å²) in [6.07, 6.45) is 6.65. The zero-order valence-corrected chi connectivity index (χ0v) is 15.2. The minimum absolute atomic E-state index is 0.0626. The maximum atomic E-state index is 4.69. The summed E-state index contributed by atoms with van der Waals surface area (Å²) in [5.41, 5.74) is 2.97. The van der Waals surface area contributed by atoms with E-state index in [9.17, 15) is 0 Å². The average molecular weight is 289 g/mol. The van der Waals surface area contributed by atoms with E-state index in [1.807, 2.05) is 6.21 Å². The molecular formula is C18H31N3. The van der Waals surface area contributed by atoms with Crippen molar-refractivity contribution >= 4 is 6.21 Å². The van der Waals surface area contributed by atoms with Crippen molar-refractivity contribution in [3.63, 3.8) is 0 Å². The Bertz CT molecular complexity index is 504. The van der Waals surface area contributed by atoms with Crippen LogP contribution in [0.1, 0.15) is 62.3 Å². The Balaban J connectivity index is 2.54. The highest BCUT2D eigenvalue weighted by Gasteiger charge is 2.46. The second-order valence-corrected chi connectivity index (χ2v) is 9.20. The quantitative estimate of drug-likeness (QED) is 0.649. The van der Waals surface area contributed by atoms with Gasteiger partial charge in [-0.15, -0.1) is 0 Å². The third-order valence-electron chi connectivity index (χ3n) is 4.14. The molecule has 0 N–H and O–H groups in total. The van der Waals surface area contributed by atoms with Gasteiger partial charge in [0.15, 0.2) is 0 Å². The van der Waals surface area contributed by atoms with Crippen LogP contribution in [0.25, 0.3) is 0 Å². The molecule has 2 rings (SSSR count). The van der Waals surface area contributed by atoms with Crippen LogP contribution >= 0.6 is 0 Å². The topological polar surface area (TPSA) is 18.8 Å². The van der Waals surface area contributed by atoms with Gasteiger partial charge in [0, 0.05) is 23.4 Å². The molecule has 0 bridgehead atoms. The van der Waals surface area contributed by atoms with Gasteiger partial charge < -0.3 is 4.90 Å².